The van der Waals surface area contributed by atoms with Crippen LogP contribution >= 0.6 is 0 Å². The molecule has 2 aromatic rings. The zero-order valence-electron chi connectivity index (χ0n) is 15.2. The highest BCUT2D eigenvalue weighted by atomic mass is 16.7. The molecule has 0 saturated carbocycles. The lowest BCUT2D eigenvalue weighted by atomic mass is 10.1. The van der Waals surface area contributed by atoms with E-state index in [-0.39, 0.29) is 19.0 Å². The minimum absolute atomic E-state index is 0.111. The average molecular weight is 363 g/mol. The van der Waals surface area contributed by atoms with E-state index in [1.807, 2.05) is 0 Å². The maximum absolute atomic E-state index is 12.5. The van der Waals surface area contributed by atoms with Gasteiger partial charge in [0.05, 0.1) is 39.0 Å². The fourth-order valence-corrected chi connectivity index (χ4v) is 2.98. The Labute approximate surface area is 152 Å². The second-order valence-electron chi connectivity index (χ2n) is 6.15. The van der Waals surface area contributed by atoms with Gasteiger partial charge in [-0.25, -0.2) is 10.4 Å². The number of aromatic nitrogens is 2. The van der Waals surface area contributed by atoms with Crippen molar-refractivity contribution in [3.63, 3.8) is 0 Å². The Kier molecular flexibility index (Phi) is 6.15. The van der Waals surface area contributed by atoms with Crippen molar-refractivity contribution in [1.29, 1.82) is 0 Å². The molecule has 1 fully saturated rings. The Morgan fingerprint density at radius 2 is 2.19 bits per heavy atom. The lowest BCUT2D eigenvalue weighted by Crippen LogP contribution is -2.54. The number of amides is 1. The summed E-state index contributed by atoms with van der Waals surface area (Å²) < 4.78 is 17.3. The van der Waals surface area contributed by atoms with Gasteiger partial charge in [0, 0.05) is 18.7 Å². The molecule has 0 aromatic carbocycles. The van der Waals surface area contributed by atoms with Crippen molar-refractivity contribution in [2.75, 3.05) is 33.4 Å². The molecule has 0 aliphatic carbocycles. The van der Waals surface area contributed by atoms with Crippen LogP contribution in [-0.2, 0) is 20.8 Å². The molecule has 3 rings (SSSR count). The fraction of sp³-hybridized carbons (Fsp3) is 0.588. The summed E-state index contributed by atoms with van der Waals surface area (Å²) >= 11 is 0. The van der Waals surface area contributed by atoms with Crippen molar-refractivity contribution in [2.45, 2.75) is 32.1 Å². The normalized spacial score (nSPS) is 16.2. The number of pyridine rings is 1. The Hall–Kier alpha value is -2.07. The van der Waals surface area contributed by atoms with Crippen LogP contribution in [0.3, 0.4) is 0 Å². The van der Waals surface area contributed by atoms with E-state index >= 15 is 0 Å². The Bertz CT molecular complexity index is 696. The van der Waals surface area contributed by atoms with Crippen molar-refractivity contribution in [3.8, 4) is 0 Å². The Morgan fingerprint density at radius 3 is 2.88 bits per heavy atom. The highest BCUT2D eigenvalue weighted by Crippen LogP contribution is 2.26. The van der Waals surface area contributed by atoms with Gasteiger partial charge < -0.3 is 19.2 Å². The largest absolute Gasteiger partial charge is 0.439 e. The number of fused-ring (bicyclic) bond motifs is 1. The van der Waals surface area contributed by atoms with Crippen molar-refractivity contribution >= 4 is 17.0 Å². The van der Waals surface area contributed by atoms with Gasteiger partial charge in [0.2, 0.25) is 5.89 Å². The SMILES string of the molecule is CCCC1(CN(NCc2nc3cnccc3o2)C(=O)CNC)OCCO1. The van der Waals surface area contributed by atoms with Gasteiger partial charge in [0.15, 0.2) is 11.4 Å². The van der Waals surface area contributed by atoms with Gasteiger partial charge in [-0.1, -0.05) is 13.3 Å². The van der Waals surface area contributed by atoms with Crippen LogP contribution < -0.4 is 10.7 Å². The van der Waals surface area contributed by atoms with Gasteiger partial charge in [-0.2, -0.15) is 0 Å². The highest BCUT2D eigenvalue weighted by Gasteiger charge is 2.38. The molecule has 1 aliphatic rings. The van der Waals surface area contributed by atoms with E-state index in [4.69, 9.17) is 13.9 Å². The number of hydrogen-bond donors (Lipinski definition) is 2. The predicted octanol–water partition coefficient (Wildman–Crippen LogP) is 0.819. The van der Waals surface area contributed by atoms with E-state index in [1.54, 1.807) is 25.5 Å². The first-order valence-electron chi connectivity index (χ1n) is 8.81. The van der Waals surface area contributed by atoms with E-state index in [9.17, 15) is 4.79 Å². The second kappa shape index (κ2) is 8.54. The van der Waals surface area contributed by atoms with Crippen LogP contribution in [0.2, 0.25) is 0 Å². The maximum atomic E-state index is 12.5. The van der Waals surface area contributed by atoms with E-state index in [2.05, 4.69) is 27.6 Å². The summed E-state index contributed by atoms with van der Waals surface area (Å²) in [6.45, 7) is 3.90. The average Bonchev–Trinajstić information content (AvgIpc) is 3.25. The van der Waals surface area contributed by atoms with Crippen molar-refractivity contribution < 1.29 is 18.7 Å². The zero-order chi connectivity index (χ0) is 18.4. The quantitative estimate of drug-likeness (QED) is 0.632. The van der Waals surface area contributed by atoms with Crippen LogP contribution in [0.5, 0.6) is 0 Å². The number of carbonyl (C=O) groups excluding carboxylic acids is 1. The van der Waals surface area contributed by atoms with Crippen LogP contribution in [0.4, 0.5) is 0 Å². The number of likely N-dealkylation sites (N-methyl/N-ethyl adjacent to an activating group) is 1. The lowest BCUT2D eigenvalue weighted by molar-refractivity contribution is -0.185. The monoisotopic (exact) mass is 363 g/mol. The fourth-order valence-electron chi connectivity index (χ4n) is 2.98. The van der Waals surface area contributed by atoms with Gasteiger partial charge in [-0.15, -0.1) is 0 Å². The molecule has 1 aliphatic heterocycles. The minimum Gasteiger partial charge on any atom is -0.439 e. The molecule has 2 aromatic heterocycles. The molecule has 9 nitrogen and oxygen atoms in total. The molecule has 9 heteroatoms. The summed E-state index contributed by atoms with van der Waals surface area (Å²) in [4.78, 5) is 20.9. The van der Waals surface area contributed by atoms with Gasteiger partial charge in [0.25, 0.3) is 5.91 Å². The van der Waals surface area contributed by atoms with E-state index in [1.165, 1.54) is 5.01 Å². The number of oxazole rings is 1. The summed E-state index contributed by atoms with van der Waals surface area (Å²) in [5.41, 5.74) is 4.44. The molecule has 1 amide bonds. The third kappa shape index (κ3) is 4.36. The van der Waals surface area contributed by atoms with E-state index in [0.717, 1.165) is 6.42 Å². The van der Waals surface area contributed by atoms with Gasteiger partial charge >= 0.3 is 0 Å². The van der Waals surface area contributed by atoms with Crippen LogP contribution in [0.25, 0.3) is 11.1 Å². The number of rotatable bonds is 9. The summed E-state index contributed by atoms with van der Waals surface area (Å²) in [5.74, 6) is -0.399. The standard InChI is InChI=1S/C17H25N5O4/c1-3-5-17(24-7-8-25-17)12-22(16(23)11-18-2)20-10-15-21-13-9-19-6-4-14(13)26-15/h4,6,9,18,20H,3,5,7-8,10-12H2,1-2H3. The zero-order valence-corrected chi connectivity index (χ0v) is 15.2. The van der Waals surface area contributed by atoms with Gasteiger partial charge in [-0.05, 0) is 7.05 Å². The maximum Gasteiger partial charge on any atom is 0.250 e. The molecule has 0 spiro atoms. The third-order valence-electron chi connectivity index (χ3n) is 4.13. The number of carbonyl (C=O) groups is 1. The number of ether oxygens (including phenoxy) is 2. The topological polar surface area (TPSA) is 102 Å². The van der Waals surface area contributed by atoms with Gasteiger partial charge in [-0.3, -0.25) is 14.8 Å². The van der Waals surface area contributed by atoms with Crippen LogP contribution in [0, 0.1) is 0 Å². The number of hydrazine groups is 1. The molecule has 2 N–H and O–H groups in total. The molecule has 26 heavy (non-hydrogen) atoms. The molecule has 0 bridgehead atoms. The van der Waals surface area contributed by atoms with Crippen molar-refractivity contribution in [3.05, 3.63) is 24.4 Å². The third-order valence-corrected chi connectivity index (χ3v) is 4.13. The first-order valence-corrected chi connectivity index (χ1v) is 8.81. The first kappa shape index (κ1) is 18.7. The molecule has 0 radical (unpaired) electrons. The van der Waals surface area contributed by atoms with Crippen molar-refractivity contribution in [1.82, 2.24) is 25.7 Å². The molecular weight excluding hydrogens is 338 g/mol. The Balaban J connectivity index is 1.70. The first-order chi connectivity index (χ1) is 12.7. The molecular formula is C17H25N5O4. The van der Waals surface area contributed by atoms with E-state index in [0.29, 0.717) is 43.2 Å². The number of nitrogens with one attached hydrogen (secondary N) is 2. The van der Waals surface area contributed by atoms with Crippen LogP contribution in [0.15, 0.2) is 22.9 Å². The Morgan fingerprint density at radius 1 is 1.38 bits per heavy atom. The van der Waals surface area contributed by atoms with E-state index < -0.39 is 5.79 Å². The second-order valence-corrected chi connectivity index (χ2v) is 6.15. The molecule has 142 valence electrons. The molecule has 1 saturated heterocycles. The van der Waals surface area contributed by atoms with Crippen LogP contribution in [0.1, 0.15) is 25.7 Å². The number of hydrogen-bond acceptors (Lipinski definition) is 8. The summed E-state index contributed by atoms with van der Waals surface area (Å²) in [7, 11) is 1.73. The molecule has 3 heterocycles. The summed E-state index contributed by atoms with van der Waals surface area (Å²) in [5, 5.41) is 4.40. The smallest absolute Gasteiger partial charge is 0.250 e. The van der Waals surface area contributed by atoms with Crippen molar-refractivity contribution in [2.24, 2.45) is 0 Å². The molecule has 0 unspecified atom stereocenters. The lowest BCUT2D eigenvalue weighted by Gasteiger charge is -2.33. The summed E-state index contributed by atoms with van der Waals surface area (Å²) in [6.07, 6.45) is 4.90. The predicted molar refractivity (Wildman–Crippen MR) is 93.8 cm³/mol. The minimum atomic E-state index is -0.767. The summed E-state index contributed by atoms with van der Waals surface area (Å²) in [6, 6.07) is 1.76. The van der Waals surface area contributed by atoms with Gasteiger partial charge in [0.1, 0.15) is 5.52 Å². The molecule has 0 atom stereocenters. The number of nitrogens with zero attached hydrogens (tertiary/aromatic N) is 3. The van der Waals surface area contributed by atoms with Crippen LogP contribution in [-0.4, -0.2) is 60.0 Å². The highest BCUT2D eigenvalue weighted by molar-refractivity contribution is 5.77.